The largest absolute Gasteiger partial charge is 0.472 e. The summed E-state index contributed by atoms with van der Waals surface area (Å²) >= 11 is 13.8. The number of nitrogens with one attached hydrogen (secondary N) is 1. The Balaban J connectivity index is 1.40. The molecule has 32 heavy (non-hydrogen) atoms. The quantitative estimate of drug-likeness (QED) is 0.399. The molecule has 0 radical (unpaired) electrons. The third-order valence-electron chi connectivity index (χ3n) is 4.58. The molecule has 0 spiro atoms. The van der Waals surface area contributed by atoms with Crippen LogP contribution in [0.2, 0.25) is 10.0 Å². The van der Waals surface area contributed by atoms with Gasteiger partial charge >= 0.3 is 5.97 Å². The zero-order chi connectivity index (χ0) is 22.7. The second-order valence-electron chi connectivity index (χ2n) is 6.95. The van der Waals surface area contributed by atoms with Crippen LogP contribution in [0.3, 0.4) is 0 Å². The van der Waals surface area contributed by atoms with Crippen LogP contribution in [0.25, 0.3) is 5.69 Å². The van der Waals surface area contributed by atoms with Crippen LogP contribution in [0.5, 0.6) is 0 Å². The maximum absolute atomic E-state index is 12.4. The van der Waals surface area contributed by atoms with Gasteiger partial charge in [-0.25, -0.2) is 4.79 Å². The van der Waals surface area contributed by atoms with Crippen LogP contribution in [-0.4, -0.2) is 42.9 Å². The Hall–Kier alpha value is -3.06. The van der Waals surface area contributed by atoms with Gasteiger partial charge in [0, 0.05) is 11.5 Å². The third-order valence-corrected chi connectivity index (χ3v) is 6.11. The van der Waals surface area contributed by atoms with E-state index >= 15 is 0 Å². The smallest absolute Gasteiger partial charge is 0.382 e. The molecular formula is C21H15Cl2N5O3S. The van der Waals surface area contributed by atoms with E-state index in [1.165, 1.54) is 29.2 Å². The van der Waals surface area contributed by atoms with Crippen LogP contribution in [-0.2, 0) is 9.59 Å². The number of carbonyl (C=O) groups excluding carboxylic acids is 1. The molecule has 1 fully saturated rings. The summed E-state index contributed by atoms with van der Waals surface area (Å²) in [5.41, 5.74) is 2.66. The van der Waals surface area contributed by atoms with Gasteiger partial charge in [0.05, 0.1) is 27.2 Å². The minimum Gasteiger partial charge on any atom is -0.472 e. The van der Waals surface area contributed by atoms with Gasteiger partial charge in [-0.2, -0.15) is 4.68 Å². The number of anilines is 1. The summed E-state index contributed by atoms with van der Waals surface area (Å²) in [6.07, 6.45) is 2.36. The first kappa shape index (κ1) is 22.1. The molecule has 2 N–H and O–H groups in total. The molecule has 11 heteroatoms. The van der Waals surface area contributed by atoms with E-state index in [0.29, 0.717) is 33.0 Å². The second kappa shape index (κ2) is 9.61. The number of carboxylic acid groups (broad SMARTS) is 1. The lowest BCUT2D eigenvalue weighted by Gasteiger charge is -2.09. The zero-order valence-corrected chi connectivity index (χ0v) is 18.7. The first-order valence-corrected chi connectivity index (χ1v) is 11.2. The average Bonchev–Trinajstić information content (AvgIpc) is 3.51. The van der Waals surface area contributed by atoms with E-state index in [-0.39, 0.29) is 16.7 Å². The number of halogens is 2. The number of benzene rings is 2. The summed E-state index contributed by atoms with van der Waals surface area (Å²) in [6, 6.07) is 10.4. The number of aromatic nitrogens is 4. The number of hydrogen-bond donors (Lipinski definition) is 2. The summed E-state index contributed by atoms with van der Waals surface area (Å²) in [6.45, 7) is 0. The van der Waals surface area contributed by atoms with Crippen molar-refractivity contribution in [3.63, 3.8) is 0 Å². The molecule has 3 aromatic rings. The lowest BCUT2D eigenvalue weighted by molar-refractivity contribution is -0.130. The van der Waals surface area contributed by atoms with Crippen molar-refractivity contribution in [3.8, 4) is 17.5 Å². The molecule has 162 valence electrons. The van der Waals surface area contributed by atoms with Gasteiger partial charge < -0.3 is 10.4 Å². The van der Waals surface area contributed by atoms with E-state index in [9.17, 15) is 9.59 Å². The molecule has 0 aliphatic heterocycles. The number of hydrogen-bond acceptors (Lipinski definition) is 6. The molecule has 4 rings (SSSR count). The normalized spacial score (nSPS) is 12.7. The fourth-order valence-corrected chi connectivity index (χ4v) is 4.10. The average molecular weight is 488 g/mol. The van der Waals surface area contributed by atoms with Crippen molar-refractivity contribution in [1.29, 1.82) is 0 Å². The van der Waals surface area contributed by atoms with Gasteiger partial charge in [-0.05, 0) is 65.1 Å². The molecule has 0 atom stereocenters. The summed E-state index contributed by atoms with van der Waals surface area (Å²) in [5, 5.41) is 24.2. The summed E-state index contributed by atoms with van der Waals surface area (Å²) in [4.78, 5) is 22.9. The highest BCUT2D eigenvalue weighted by Crippen LogP contribution is 2.41. The molecule has 1 aromatic heterocycles. The van der Waals surface area contributed by atoms with Crippen LogP contribution >= 0.6 is 35.0 Å². The van der Waals surface area contributed by atoms with Gasteiger partial charge in [0.25, 0.3) is 0 Å². The van der Waals surface area contributed by atoms with Gasteiger partial charge in [-0.1, -0.05) is 47.0 Å². The van der Waals surface area contributed by atoms with Crippen LogP contribution in [0, 0.1) is 11.8 Å². The number of amides is 1. The van der Waals surface area contributed by atoms with Crippen molar-refractivity contribution >= 4 is 52.5 Å². The highest BCUT2D eigenvalue weighted by atomic mass is 35.5. The number of carboxylic acids is 1. The highest BCUT2D eigenvalue weighted by Gasteiger charge is 2.24. The molecule has 2 aromatic carbocycles. The fourth-order valence-electron chi connectivity index (χ4n) is 2.92. The molecule has 1 heterocycles. The first-order valence-electron chi connectivity index (χ1n) is 9.46. The zero-order valence-electron chi connectivity index (χ0n) is 16.4. The molecule has 1 aliphatic carbocycles. The standard InChI is InChI=1S/C21H15Cl2N5O3S/c22-15-9-12(2-8-20(30)31)1-6-17(15)24-19(29)11-32-21-25-26-27-28(21)18-7-5-14(10-16(18)23)13-3-4-13/h1,5-7,9-10,13H,3-4,11H2,(H,24,29)(H,30,31). The van der Waals surface area contributed by atoms with E-state index in [1.54, 1.807) is 12.1 Å². The van der Waals surface area contributed by atoms with Crippen LogP contribution < -0.4 is 5.32 Å². The van der Waals surface area contributed by atoms with E-state index in [4.69, 9.17) is 28.3 Å². The predicted molar refractivity (Wildman–Crippen MR) is 121 cm³/mol. The minimum absolute atomic E-state index is 0.0368. The van der Waals surface area contributed by atoms with Crippen molar-refractivity contribution < 1.29 is 14.7 Å². The Labute approximate surface area is 197 Å². The maximum atomic E-state index is 12.4. The van der Waals surface area contributed by atoms with Gasteiger partial charge in [0.15, 0.2) is 0 Å². The molecule has 0 saturated heterocycles. The topological polar surface area (TPSA) is 110 Å². The summed E-state index contributed by atoms with van der Waals surface area (Å²) in [5.74, 6) is 3.53. The number of nitrogens with zero attached hydrogens (tertiary/aromatic N) is 4. The van der Waals surface area contributed by atoms with Crippen molar-refractivity contribution in [2.75, 3.05) is 11.1 Å². The molecular weight excluding hydrogens is 473 g/mol. The van der Waals surface area contributed by atoms with E-state index in [1.807, 2.05) is 24.1 Å². The fraction of sp³-hybridized carbons (Fsp3) is 0.190. The predicted octanol–water partition coefficient (Wildman–Crippen LogP) is 4.01. The third kappa shape index (κ3) is 5.40. The van der Waals surface area contributed by atoms with Gasteiger partial charge in [-0.3, -0.25) is 4.79 Å². The number of thioether (sulfide) groups is 1. The Morgan fingerprint density at radius 3 is 2.69 bits per heavy atom. The lowest BCUT2D eigenvalue weighted by atomic mass is 10.1. The second-order valence-corrected chi connectivity index (χ2v) is 8.70. The number of carbonyl (C=O) groups is 2. The van der Waals surface area contributed by atoms with Gasteiger partial charge in [-0.15, -0.1) is 5.10 Å². The Kier molecular flexibility index (Phi) is 6.65. The Morgan fingerprint density at radius 1 is 1.19 bits per heavy atom. The molecule has 8 nitrogen and oxygen atoms in total. The summed E-state index contributed by atoms with van der Waals surface area (Å²) < 4.78 is 1.50. The number of tetrazole rings is 1. The maximum Gasteiger partial charge on any atom is 0.382 e. The summed E-state index contributed by atoms with van der Waals surface area (Å²) in [7, 11) is 0. The molecule has 0 unspecified atom stereocenters. The van der Waals surface area contributed by atoms with Crippen LogP contribution in [0.4, 0.5) is 5.69 Å². The Morgan fingerprint density at radius 2 is 2.00 bits per heavy atom. The molecule has 1 saturated carbocycles. The number of rotatable bonds is 6. The van der Waals surface area contributed by atoms with Crippen molar-refractivity contribution in [1.82, 2.24) is 20.2 Å². The van der Waals surface area contributed by atoms with Gasteiger partial charge in [0.2, 0.25) is 11.1 Å². The van der Waals surface area contributed by atoms with E-state index in [0.717, 1.165) is 11.8 Å². The van der Waals surface area contributed by atoms with Crippen LogP contribution in [0.15, 0.2) is 41.6 Å². The van der Waals surface area contributed by atoms with E-state index in [2.05, 4.69) is 26.8 Å². The van der Waals surface area contributed by atoms with E-state index < -0.39 is 5.97 Å². The minimum atomic E-state index is -1.24. The van der Waals surface area contributed by atoms with Crippen molar-refractivity contribution in [2.24, 2.45) is 0 Å². The SMILES string of the molecule is O=C(O)C#Cc1ccc(NC(=O)CSc2nnnn2-c2ccc(C3CC3)cc2Cl)c(Cl)c1. The molecule has 1 amide bonds. The molecule has 1 aliphatic rings. The van der Waals surface area contributed by atoms with Crippen molar-refractivity contribution in [2.45, 2.75) is 23.9 Å². The van der Waals surface area contributed by atoms with Crippen LogP contribution in [0.1, 0.15) is 29.9 Å². The van der Waals surface area contributed by atoms with Crippen molar-refractivity contribution in [3.05, 3.63) is 57.6 Å². The highest BCUT2D eigenvalue weighted by molar-refractivity contribution is 7.99. The number of aliphatic carboxylic acids is 1. The first-order chi connectivity index (χ1) is 15.4. The lowest BCUT2D eigenvalue weighted by Crippen LogP contribution is -2.15. The molecule has 0 bridgehead atoms. The monoisotopic (exact) mass is 487 g/mol. The Bertz CT molecular complexity index is 1260. The van der Waals surface area contributed by atoms with Gasteiger partial charge in [0.1, 0.15) is 0 Å².